The van der Waals surface area contributed by atoms with Gasteiger partial charge < -0.3 is 16.0 Å². The molecule has 1 heterocycles. The molecular weight excluding hydrogens is 232 g/mol. The van der Waals surface area contributed by atoms with Crippen LogP contribution in [0.15, 0.2) is 0 Å². The van der Waals surface area contributed by atoms with E-state index in [0.29, 0.717) is 16.5 Å². The van der Waals surface area contributed by atoms with E-state index in [-0.39, 0.29) is 0 Å². The first-order valence-corrected chi connectivity index (χ1v) is 6.66. The van der Waals surface area contributed by atoms with E-state index in [1.54, 1.807) is 0 Å². The quantitative estimate of drug-likeness (QED) is 0.839. The Bertz CT molecular complexity index is 440. The molecule has 0 saturated heterocycles. The molecule has 0 bridgehead atoms. The number of likely N-dealkylation sites (N-methyl/N-ethyl adjacent to an activating group) is 1. The third-order valence-electron chi connectivity index (χ3n) is 2.92. The van der Waals surface area contributed by atoms with E-state index in [0.717, 1.165) is 18.1 Å². The first-order valence-electron chi connectivity index (χ1n) is 5.84. The van der Waals surface area contributed by atoms with Gasteiger partial charge in [-0.05, 0) is 32.9 Å². The number of nitrogens with one attached hydrogen (secondary N) is 1. The molecule has 0 atom stereocenters. The van der Waals surface area contributed by atoms with Gasteiger partial charge in [0, 0.05) is 18.7 Å². The van der Waals surface area contributed by atoms with Crippen molar-refractivity contribution in [3.63, 3.8) is 0 Å². The second kappa shape index (κ2) is 4.94. The van der Waals surface area contributed by atoms with Crippen LogP contribution < -0.4 is 11.1 Å². The van der Waals surface area contributed by atoms with E-state index in [4.69, 9.17) is 11.0 Å². The Hall–Kier alpha value is -1.25. The maximum atomic E-state index is 9.02. The fourth-order valence-electron chi connectivity index (χ4n) is 1.84. The molecule has 1 aromatic rings. The summed E-state index contributed by atoms with van der Waals surface area (Å²) in [5, 5.41) is 13.5. The molecule has 3 N–H and O–H groups in total. The zero-order chi connectivity index (χ0) is 12.4. The van der Waals surface area contributed by atoms with Crippen LogP contribution in [0.4, 0.5) is 10.7 Å². The van der Waals surface area contributed by atoms with Crippen molar-refractivity contribution in [2.45, 2.75) is 18.8 Å². The Balaban J connectivity index is 2.12. The maximum absolute atomic E-state index is 9.02. The summed E-state index contributed by atoms with van der Waals surface area (Å²) in [6.07, 6.45) is 2.41. The van der Waals surface area contributed by atoms with Crippen LogP contribution in [-0.2, 0) is 0 Å². The van der Waals surface area contributed by atoms with E-state index < -0.39 is 0 Å². The van der Waals surface area contributed by atoms with Crippen LogP contribution in [0.1, 0.15) is 29.2 Å². The molecule has 0 spiro atoms. The first kappa shape index (κ1) is 12.2. The first-order chi connectivity index (χ1) is 8.13. The van der Waals surface area contributed by atoms with Gasteiger partial charge in [0.15, 0.2) is 0 Å². The Morgan fingerprint density at radius 3 is 2.76 bits per heavy atom. The average molecular weight is 250 g/mol. The van der Waals surface area contributed by atoms with Gasteiger partial charge in [0.2, 0.25) is 0 Å². The fourth-order valence-corrected chi connectivity index (χ4v) is 2.87. The number of hydrogen-bond acceptors (Lipinski definition) is 5. The van der Waals surface area contributed by atoms with Gasteiger partial charge in [0.25, 0.3) is 0 Å². The Morgan fingerprint density at radius 2 is 2.24 bits per heavy atom. The zero-order valence-electron chi connectivity index (χ0n) is 10.3. The van der Waals surface area contributed by atoms with Gasteiger partial charge in [-0.2, -0.15) is 5.26 Å². The van der Waals surface area contributed by atoms with Crippen molar-refractivity contribution in [3.05, 3.63) is 10.4 Å². The Labute approximate surface area is 106 Å². The summed E-state index contributed by atoms with van der Waals surface area (Å²) in [5.41, 5.74) is 7.91. The molecule has 0 aliphatic heterocycles. The van der Waals surface area contributed by atoms with Crippen LogP contribution in [0, 0.1) is 11.3 Å². The Kier molecular flexibility index (Phi) is 3.55. The third kappa shape index (κ3) is 2.71. The number of thiophene rings is 1. The van der Waals surface area contributed by atoms with Crippen LogP contribution in [0.5, 0.6) is 0 Å². The number of nitrogen functional groups attached to an aromatic ring is 1. The molecule has 1 aliphatic rings. The predicted octanol–water partition coefficient (Wildman–Crippen LogP) is 2.05. The van der Waals surface area contributed by atoms with Gasteiger partial charge in [-0.3, -0.25) is 0 Å². The molecular formula is C12H18N4S. The molecule has 2 rings (SSSR count). The molecule has 5 heteroatoms. The molecule has 17 heavy (non-hydrogen) atoms. The lowest BCUT2D eigenvalue weighted by Crippen LogP contribution is -2.20. The summed E-state index contributed by atoms with van der Waals surface area (Å²) in [4.78, 5) is 2.78. The lowest BCUT2D eigenvalue weighted by atomic mass is 10.1. The molecule has 0 aromatic carbocycles. The SMILES string of the molecule is CN(C)CCNc1sc(C#N)c(N)c1C1CC1. The maximum Gasteiger partial charge on any atom is 0.130 e. The van der Waals surface area contributed by atoms with E-state index in [1.165, 1.54) is 29.7 Å². The van der Waals surface area contributed by atoms with Crippen LogP contribution in [0.2, 0.25) is 0 Å². The summed E-state index contributed by atoms with van der Waals surface area (Å²) >= 11 is 1.49. The van der Waals surface area contributed by atoms with Crippen LogP contribution in [-0.4, -0.2) is 32.1 Å². The normalized spacial score (nSPS) is 14.9. The van der Waals surface area contributed by atoms with Crippen LogP contribution in [0.25, 0.3) is 0 Å². The van der Waals surface area contributed by atoms with Crippen molar-refractivity contribution in [3.8, 4) is 6.07 Å². The molecule has 1 aliphatic carbocycles. The smallest absolute Gasteiger partial charge is 0.130 e. The highest BCUT2D eigenvalue weighted by atomic mass is 32.1. The van der Waals surface area contributed by atoms with Gasteiger partial charge in [-0.1, -0.05) is 0 Å². The van der Waals surface area contributed by atoms with E-state index in [2.05, 4.69) is 16.3 Å². The van der Waals surface area contributed by atoms with Crippen molar-refractivity contribution < 1.29 is 0 Å². The van der Waals surface area contributed by atoms with Crippen molar-refractivity contribution in [2.24, 2.45) is 0 Å². The minimum absolute atomic E-state index is 0.579. The number of nitrogens with zero attached hydrogens (tertiary/aromatic N) is 2. The van der Waals surface area contributed by atoms with Crippen molar-refractivity contribution in [1.29, 1.82) is 5.26 Å². The highest BCUT2D eigenvalue weighted by Crippen LogP contribution is 2.50. The summed E-state index contributed by atoms with van der Waals surface area (Å²) < 4.78 is 0. The minimum Gasteiger partial charge on any atom is -0.397 e. The van der Waals surface area contributed by atoms with Gasteiger partial charge in [0.05, 0.1) is 10.7 Å². The van der Waals surface area contributed by atoms with Crippen LogP contribution in [0.3, 0.4) is 0 Å². The topological polar surface area (TPSA) is 65.1 Å². The minimum atomic E-state index is 0.579. The van der Waals surface area contributed by atoms with Gasteiger partial charge in [-0.15, -0.1) is 11.3 Å². The van der Waals surface area contributed by atoms with Gasteiger partial charge in [0.1, 0.15) is 10.9 Å². The zero-order valence-corrected chi connectivity index (χ0v) is 11.1. The molecule has 1 saturated carbocycles. The largest absolute Gasteiger partial charge is 0.397 e. The van der Waals surface area contributed by atoms with E-state index in [1.807, 2.05) is 14.1 Å². The van der Waals surface area contributed by atoms with Crippen molar-refractivity contribution in [1.82, 2.24) is 4.90 Å². The molecule has 4 nitrogen and oxygen atoms in total. The van der Waals surface area contributed by atoms with Gasteiger partial charge >= 0.3 is 0 Å². The number of anilines is 2. The number of rotatable bonds is 5. The summed E-state index contributed by atoms with van der Waals surface area (Å²) in [7, 11) is 4.10. The Morgan fingerprint density at radius 1 is 1.53 bits per heavy atom. The highest BCUT2D eigenvalue weighted by Gasteiger charge is 2.31. The fraction of sp³-hybridized carbons (Fsp3) is 0.583. The third-order valence-corrected chi connectivity index (χ3v) is 4.00. The lowest BCUT2D eigenvalue weighted by molar-refractivity contribution is 0.425. The molecule has 0 amide bonds. The molecule has 92 valence electrons. The van der Waals surface area contributed by atoms with Crippen molar-refractivity contribution >= 4 is 22.0 Å². The predicted molar refractivity (Wildman–Crippen MR) is 72.5 cm³/mol. The second-order valence-corrected chi connectivity index (χ2v) is 5.72. The summed E-state index contributed by atoms with van der Waals surface area (Å²) in [6.45, 7) is 1.86. The molecule has 1 aromatic heterocycles. The number of nitrogens with two attached hydrogens (primary N) is 1. The second-order valence-electron chi connectivity index (χ2n) is 4.70. The lowest BCUT2D eigenvalue weighted by Gasteiger charge is -2.11. The molecule has 0 unspecified atom stereocenters. The van der Waals surface area contributed by atoms with Crippen LogP contribution >= 0.6 is 11.3 Å². The number of nitriles is 1. The number of hydrogen-bond donors (Lipinski definition) is 2. The van der Waals surface area contributed by atoms with E-state index in [9.17, 15) is 0 Å². The summed E-state index contributed by atoms with van der Waals surface area (Å²) in [5.74, 6) is 0.579. The van der Waals surface area contributed by atoms with Gasteiger partial charge in [-0.25, -0.2) is 0 Å². The highest BCUT2D eigenvalue weighted by molar-refractivity contribution is 7.17. The standard InChI is InChI=1S/C12H18N4S/c1-16(2)6-5-15-12-10(8-3-4-8)11(14)9(7-13)17-12/h8,15H,3-6,14H2,1-2H3. The van der Waals surface area contributed by atoms with Crippen molar-refractivity contribution in [2.75, 3.05) is 38.2 Å². The van der Waals surface area contributed by atoms with E-state index >= 15 is 0 Å². The summed E-state index contributed by atoms with van der Waals surface area (Å²) in [6, 6.07) is 2.18. The molecule has 0 radical (unpaired) electrons. The average Bonchev–Trinajstić information content (AvgIpc) is 3.04. The molecule has 1 fully saturated rings. The monoisotopic (exact) mass is 250 g/mol.